The molecular weight excluding hydrogens is 320 g/mol. The molecule has 0 aromatic carbocycles. The minimum Gasteiger partial charge on any atom is -0.463 e. The van der Waals surface area contributed by atoms with Crippen molar-refractivity contribution < 1.29 is 24.1 Å². The summed E-state index contributed by atoms with van der Waals surface area (Å²) in [6.45, 7) is 7.75. The van der Waals surface area contributed by atoms with E-state index >= 15 is 0 Å². The first-order chi connectivity index (χ1) is 12.0. The maximum absolute atomic E-state index is 11.0. The largest absolute Gasteiger partial charge is 0.463 e. The molecule has 0 spiro atoms. The van der Waals surface area contributed by atoms with Crippen LogP contribution >= 0.6 is 0 Å². The zero-order chi connectivity index (χ0) is 18.7. The molecule has 0 aromatic rings. The summed E-state index contributed by atoms with van der Waals surface area (Å²) in [7, 11) is 0. The second-order valence-corrected chi connectivity index (χ2v) is 7.18. The third-order valence-corrected chi connectivity index (χ3v) is 4.87. The van der Waals surface area contributed by atoms with Crippen LogP contribution in [0.2, 0.25) is 0 Å². The van der Waals surface area contributed by atoms with Gasteiger partial charge in [0.2, 0.25) is 0 Å². The van der Waals surface area contributed by atoms with Gasteiger partial charge in [-0.3, -0.25) is 4.79 Å². The Bertz CT molecular complexity index is 360. The fourth-order valence-corrected chi connectivity index (χ4v) is 3.37. The predicted molar refractivity (Wildman–Crippen MR) is 98.3 cm³/mol. The van der Waals surface area contributed by atoms with Crippen molar-refractivity contribution in [3.63, 3.8) is 0 Å². The van der Waals surface area contributed by atoms with Crippen molar-refractivity contribution in [2.24, 2.45) is 0 Å². The number of rotatable bonds is 12. The monoisotopic (exact) mass is 358 g/mol. The van der Waals surface area contributed by atoms with Crippen molar-refractivity contribution in [3.8, 4) is 0 Å². The second kappa shape index (κ2) is 12.7. The van der Waals surface area contributed by atoms with Crippen LogP contribution in [-0.4, -0.2) is 41.8 Å². The summed E-state index contributed by atoms with van der Waals surface area (Å²) >= 11 is 0. The Morgan fingerprint density at radius 3 is 2.44 bits per heavy atom. The van der Waals surface area contributed by atoms with Gasteiger partial charge in [-0.1, -0.05) is 27.2 Å². The van der Waals surface area contributed by atoms with Gasteiger partial charge in [-0.25, -0.2) is 0 Å². The fraction of sp³-hybridized carbons (Fsp3) is 0.950. The minimum absolute atomic E-state index is 0.0244. The Balaban J connectivity index is 2.25. The molecule has 0 radical (unpaired) electrons. The van der Waals surface area contributed by atoms with E-state index in [0.717, 1.165) is 64.2 Å². The van der Waals surface area contributed by atoms with Crippen LogP contribution in [0.25, 0.3) is 0 Å². The molecular formula is C20H38O5. The first-order valence-electron chi connectivity index (χ1n) is 10.1. The third kappa shape index (κ3) is 9.57. The second-order valence-electron chi connectivity index (χ2n) is 7.18. The van der Waals surface area contributed by atoms with Gasteiger partial charge in [-0.2, -0.15) is 0 Å². The number of esters is 1. The van der Waals surface area contributed by atoms with Crippen LogP contribution in [0.4, 0.5) is 0 Å². The fourth-order valence-electron chi connectivity index (χ4n) is 3.37. The van der Waals surface area contributed by atoms with E-state index in [0.29, 0.717) is 0 Å². The highest BCUT2D eigenvalue weighted by molar-refractivity contribution is 5.66. The van der Waals surface area contributed by atoms with Crippen molar-refractivity contribution in [1.82, 2.24) is 0 Å². The highest BCUT2D eigenvalue weighted by Crippen LogP contribution is 2.26. The average Bonchev–Trinajstić information content (AvgIpc) is 2.58. The van der Waals surface area contributed by atoms with Crippen LogP contribution in [0, 0.1) is 0 Å². The van der Waals surface area contributed by atoms with E-state index in [4.69, 9.17) is 14.2 Å². The summed E-state index contributed by atoms with van der Waals surface area (Å²) in [6.07, 6.45) is 8.86. The number of hydrogen-bond donors (Lipinski definition) is 1. The highest BCUT2D eigenvalue weighted by Gasteiger charge is 2.28. The lowest BCUT2D eigenvalue weighted by Crippen LogP contribution is -2.38. The number of ether oxygens (including phenoxy) is 3. The molecule has 1 saturated heterocycles. The summed E-state index contributed by atoms with van der Waals surface area (Å²) in [5.41, 5.74) is 0. The van der Waals surface area contributed by atoms with Crippen molar-refractivity contribution in [3.05, 3.63) is 0 Å². The number of hydrogen-bond acceptors (Lipinski definition) is 5. The summed E-state index contributed by atoms with van der Waals surface area (Å²) in [5.74, 6) is -0.226. The molecule has 148 valence electrons. The van der Waals surface area contributed by atoms with E-state index in [1.54, 1.807) is 0 Å². The van der Waals surface area contributed by atoms with Gasteiger partial charge in [0, 0.05) is 6.92 Å². The van der Waals surface area contributed by atoms with Gasteiger partial charge in [0.25, 0.3) is 0 Å². The van der Waals surface area contributed by atoms with Gasteiger partial charge in [-0.15, -0.1) is 0 Å². The number of carbonyl (C=O) groups is 1. The van der Waals surface area contributed by atoms with Crippen molar-refractivity contribution in [2.75, 3.05) is 0 Å². The van der Waals surface area contributed by atoms with Crippen LogP contribution in [0.1, 0.15) is 91.9 Å². The number of aliphatic hydroxyl groups is 1. The van der Waals surface area contributed by atoms with Gasteiger partial charge in [0.15, 0.2) is 6.29 Å². The molecule has 5 atom stereocenters. The lowest BCUT2D eigenvalue weighted by atomic mass is 9.99. The Morgan fingerprint density at radius 2 is 1.84 bits per heavy atom. The molecule has 5 nitrogen and oxygen atoms in total. The molecule has 1 aliphatic rings. The summed E-state index contributed by atoms with van der Waals surface area (Å²) in [4.78, 5) is 11.0. The van der Waals surface area contributed by atoms with Gasteiger partial charge in [-0.05, 0) is 57.8 Å². The van der Waals surface area contributed by atoms with E-state index in [2.05, 4.69) is 13.8 Å². The highest BCUT2D eigenvalue weighted by atomic mass is 16.7. The zero-order valence-electron chi connectivity index (χ0n) is 16.5. The van der Waals surface area contributed by atoms with E-state index in [-0.39, 0.29) is 36.7 Å². The zero-order valence-corrected chi connectivity index (χ0v) is 16.5. The Morgan fingerprint density at radius 1 is 1.12 bits per heavy atom. The Kier molecular flexibility index (Phi) is 11.3. The molecule has 25 heavy (non-hydrogen) atoms. The Hall–Kier alpha value is -0.650. The van der Waals surface area contributed by atoms with E-state index < -0.39 is 0 Å². The van der Waals surface area contributed by atoms with Gasteiger partial charge in [0.05, 0.1) is 18.3 Å². The first-order valence-corrected chi connectivity index (χ1v) is 10.1. The normalized spacial score (nSPS) is 26.2. The van der Waals surface area contributed by atoms with Crippen LogP contribution in [0.3, 0.4) is 0 Å². The van der Waals surface area contributed by atoms with E-state index in [9.17, 15) is 9.90 Å². The average molecular weight is 359 g/mol. The molecule has 1 N–H and O–H groups in total. The molecule has 1 rings (SSSR count). The molecule has 1 aliphatic heterocycles. The maximum atomic E-state index is 11.0. The van der Waals surface area contributed by atoms with Gasteiger partial charge in [0.1, 0.15) is 6.10 Å². The molecule has 0 saturated carbocycles. The molecule has 5 heteroatoms. The van der Waals surface area contributed by atoms with E-state index in [1.807, 2.05) is 6.92 Å². The van der Waals surface area contributed by atoms with Gasteiger partial charge >= 0.3 is 5.97 Å². The topological polar surface area (TPSA) is 65.0 Å². The lowest BCUT2D eigenvalue weighted by Gasteiger charge is -2.36. The summed E-state index contributed by atoms with van der Waals surface area (Å²) in [6, 6.07) is 0. The smallest absolute Gasteiger partial charge is 0.302 e. The number of carbonyl (C=O) groups excluding carboxylic acids is 1. The lowest BCUT2D eigenvalue weighted by molar-refractivity contribution is -0.246. The van der Waals surface area contributed by atoms with E-state index in [1.165, 1.54) is 6.92 Å². The van der Waals surface area contributed by atoms with Crippen LogP contribution in [-0.2, 0) is 19.0 Å². The first kappa shape index (κ1) is 22.4. The van der Waals surface area contributed by atoms with Gasteiger partial charge < -0.3 is 19.3 Å². The molecule has 5 unspecified atom stereocenters. The SMILES string of the molecule is CCCC1OC(CC)CC(CCC(O)CCCC(CC)OC(C)=O)O1. The summed E-state index contributed by atoms with van der Waals surface area (Å²) in [5, 5.41) is 10.2. The minimum atomic E-state index is -0.314. The maximum Gasteiger partial charge on any atom is 0.302 e. The third-order valence-electron chi connectivity index (χ3n) is 4.87. The number of aliphatic hydroxyl groups excluding tert-OH is 1. The Labute approximate surface area is 153 Å². The predicted octanol–water partition coefficient (Wildman–Crippen LogP) is 4.35. The molecule has 0 bridgehead atoms. The molecule has 1 heterocycles. The summed E-state index contributed by atoms with van der Waals surface area (Å²) < 4.78 is 17.2. The molecule has 1 fully saturated rings. The standard InChI is InChI=1S/C20H38O5/c1-5-9-20-24-18(7-3)14-19(25-20)13-12-16(22)10-8-11-17(6-2)23-15(4)21/h16-20,22H,5-14H2,1-4H3. The van der Waals surface area contributed by atoms with Crippen molar-refractivity contribution in [1.29, 1.82) is 0 Å². The van der Waals surface area contributed by atoms with Crippen LogP contribution in [0.5, 0.6) is 0 Å². The van der Waals surface area contributed by atoms with Crippen molar-refractivity contribution >= 4 is 5.97 Å². The quantitative estimate of drug-likeness (QED) is 0.525. The van der Waals surface area contributed by atoms with Crippen LogP contribution in [0.15, 0.2) is 0 Å². The van der Waals surface area contributed by atoms with Crippen LogP contribution < -0.4 is 0 Å². The molecule has 0 aliphatic carbocycles. The van der Waals surface area contributed by atoms with Crippen molar-refractivity contribution in [2.45, 2.75) is 123 Å². The molecule has 0 amide bonds. The molecule has 0 aromatic heterocycles.